The summed E-state index contributed by atoms with van der Waals surface area (Å²) in [7, 11) is -2.96. The van der Waals surface area contributed by atoms with Crippen LogP contribution in [0.2, 0.25) is 0 Å². The molecule has 0 radical (unpaired) electrons. The first-order valence-electron chi connectivity index (χ1n) is 6.21. The summed E-state index contributed by atoms with van der Waals surface area (Å²) in [4.78, 5) is 20.9. The molecule has 2 atom stereocenters. The fourth-order valence-electron chi connectivity index (χ4n) is 1.64. The number of benzene rings is 1. The largest absolute Gasteiger partial charge is 0.527 e. The number of phosphoric ester groups is 1. The van der Waals surface area contributed by atoms with E-state index in [-0.39, 0.29) is 17.5 Å². The molecule has 0 saturated carbocycles. The third kappa shape index (κ3) is 5.06. The lowest BCUT2D eigenvalue weighted by Crippen LogP contribution is -2.35. The van der Waals surface area contributed by atoms with Crippen LogP contribution in [-0.4, -0.2) is 23.8 Å². The van der Waals surface area contributed by atoms with Crippen molar-refractivity contribution in [1.82, 2.24) is 0 Å². The van der Waals surface area contributed by atoms with Crippen molar-refractivity contribution in [3.63, 3.8) is 0 Å². The van der Waals surface area contributed by atoms with Gasteiger partial charge in [-0.1, -0.05) is 26.0 Å². The monoisotopic (exact) mass is 301 g/mol. The molecule has 0 spiro atoms. The van der Waals surface area contributed by atoms with Gasteiger partial charge in [0.05, 0.1) is 6.04 Å². The number of nitrogens with two attached hydrogens (primary N) is 1. The lowest BCUT2D eigenvalue weighted by Gasteiger charge is -2.14. The predicted octanol–water partition coefficient (Wildman–Crippen LogP) is 1.91. The van der Waals surface area contributed by atoms with Gasteiger partial charge in [-0.15, -0.1) is 0 Å². The van der Waals surface area contributed by atoms with Gasteiger partial charge >= 0.3 is 7.82 Å². The minimum atomic E-state index is -4.05. The van der Waals surface area contributed by atoms with Crippen molar-refractivity contribution in [2.75, 3.05) is 7.11 Å². The van der Waals surface area contributed by atoms with Gasteiger partial charge in [-0.05, 0) is 24.1 Å². The molecule has 0 aromatic heterocycles. The van der Waals surface area contributed by atoms with Crippen LogP contribution in [0.15, 0.2) is 24.3 Å². The van der Waals surface area contributed by atoms with Gasteiger partial charge in [0, 0.05) is 13.0 Å². The van der Waals surface area contributed by atoms with Gasteiger partial charge in [-0.3, -0.25) is 14.2 Å². The number of carbonyl (C=O) groups excluding carboxylic acids is 1. The van der Waals surface area contributed by atoms with E-state index in [0.717, 1.165) is 12.7 Å². The number of carbonyl (C=O) groups is 1. The molecule has 1 unspecified atom stereocenters. The predicted molar refractivity (Wildman–Crippen MR) is 75.4 cm³/mol. The fraction of sp³-hybridized carbons (Fsp3) is 0.462. The third-order valence-electron chi connectivity index (χ3n) is 2.76. The Morgan fingerprint density at radius 3 is 2.35 bits per heavy atom. The van der Waals surface area contributed by atoms with E-state index in [1.165, 1.54) is 12.1 Å². The first-order valence-corrected chi connectivity index (χ1v) is 7.71. The van der Waals surface area contributed by atoms with Crippen LogP contribution < -0.4 is 10.3 Å². The standard InChI is InChI=1S/C13H20NO5P/c1-9(2)13(15)12(14)8-10-4-6-11(7-5-10)19-20(16,17)18-3/h4-7,9,12H,8,14H2,1-3H3,(H,16,17)/t12-/m0/s1. The van der Waals surface area contributed by atoms with E-state index in [0.29, 0.717) is 6.42 Å². The van der Waals surface area contributed by atoms with Crippen molar-refractivity contribution >= 4 is 13.6 Å². The molecule has 0 amide bonds. The van der Waals surface area contributed by atoms with Crippen molar-refractivity contribution in [2.24, 2.45) is 11.7 Å². The smallest absolute Gasteiger partial charge is 0.404 e. The highest BCUT2D eigenvalue weighted by molar-refractivity contribution is 7.47. The summed E-state index contributed by atoms with van der Waals surface area (Å²) in [5.41, 5.74) is 6.68. The molecule has 6 nitrogen and oxygen atoms in total. The van der Waals surface area contributed by atoms with Crippen LogP contribution in [0.25, 0.3) is 0 Å². The van der Waals surface area contributed by atoms with Crippen molar-refractivity contribution in [3.8, 4) is 5.75 Å². The molecule has 1 aromatic rings. The van der Waals surface area contributed by atoms with Gasteiger partial charge in [-0.2, -0.15) is 0 Å². The van der Waals surface area contributed by atoms with Crippen molar-refractivity contribution < 1.29 is 23.3 Å². The number of phosphoric acid groups is 1. The number of Topliss-reactive ketones (excluding diaryl/α,β-unsaturated/α-hetero) is 1. The zero-order valence-electron chi connectivity index (χ0n) is 11.8. The second-order valence-electron chi connectivity index (χ2n) is 4.75. The Hall–Kier alpha value is -1.20. The van der Waals surface area contributed by atoms with E-state index in [9.17, 15) is 14.3 Å². The van der Waals surface area contributed by atoms with Crippen LogP contribution in [0.1, 0.15) is 19.4 Å². The van der Waals surface area contributed by atoms with E-state index >= 15 is 0 Å². The molecule has 20 heavy (non-hydrogen) atoms. The van der Waals surface area contributed by atoms with E-state index in [4.69, 9.17) is 10.3 Å². The molecule has 0 heterocycles. The normalized spacial score (nSPS) is 15.7. The summed E-state index contributed by atoms with van der Waals surface area (Å²) in [6.07, 6.45) is 0.415. The topological polar surface area (TPSA) is 98.8 Å². The summed E-state index contributed by atoms with van der Waals surface area (Å²) in [6, 6.07) is 5.90. The summed E-state index contributed by atoms with van der Waals surface area (Å²) in [5, 5.41) is 0. The average Bonchev–Trinajstić information content (AvgIpc) is 2.39. The second-order valence-corrected chi connectivity index (χ2v) is 6.24. The van der Waals surface area contributed by atoms with Crippen LogP contribution in [0.3, 0.4) is 0 Å². The molecule has 0 aliphatic rings. The van der Waals surface area contributed by atoms with Crippen LogP contribution in [0.4, 0.5) is 0 Å². The van der Waals surface area contributed by atoms with Gasteiger partial charge in [0.1, 0.15) is 5.75 Å². The maximum atomic E-state index is 11.7. The molecule has 1 aromatic carbocycles. The molecular weight excluding hydrogens is 281 g/mol. The van der Waals surface area contributed by atoms with Gasteiger partial charge < -0.3 is 10.3 Å². The average molecular weight is 301 g/mol. The van der Waals surface area contributed by atoms with Crippen LogP contribution in [0, 0.1) is 5.92 Å². The Labute approximate surface area is 118 Å². The van der Waals surface area contributed by atoms with Gasteiger partial charge in [0.15, 0.2) is 5.78 Å². The van der Waals surface area contributed by atoms with E-state index in [2.05, 4.69) is 4.52 Å². The Bertz CT molecular complexity index is 500. The molecule has 0 saturated heterocycles. The first-order chi connectivity index (χ1) is 9.25. The highest BCUT2D eigenvalue weighted by Gasteiger charge is 2.20. The molecule has 7 heteroatoms. The van der Waals surface area contributed by atoms with E-state index in [1.54, 1.807) is 12.1 Å². The Balaban J connectivity index is 2.68. The lowest BCUT2D eigenvalue weighted by molar-refractivity contribution is -0.123. The zero-order valence-corrected chi connectivity index (χ0v) is 12.7. The molecule has 0 aliphatic carbocycles. The minimum Gasteiger partial charge on any atom is -0.404 e. The quantitative estimate of drug-likeness (QED) is 0.746. The molecule has 3 N–H and O–H groups in total. The Morgan fingerprint density at radius 2 is 1.90 bits per heavy atom. The number of hydrogen-bond acceptors (Lipinski definition) is 5. The number of ketones is 1. The van der Waals surface area contributed by atoms with Crippen molar-refractivity contribution in [1.29, 1.82) is 0 Å². The molecular formula is C13H20NO5P. The summed E-state index contributed by atoms with van der Waals surface area (Å²) >= 11 is 0. The highest BCUT2D eigenvalue weighted by Crippen LogP contribution is 2.42. The minimum absolute atomic E-state index is 0.00423. The van der Waals surface area contributed by atoms with E-state index < -0.39 is 13.9 Å². The van der Waals surface area contributed by atoms with Gasteiger partial charge in [0.25, 0.3) is 0 Å². The third-order valence-corrected chi connectivity index (χ3v) is 3.67. The number of rotatable bonds is 7. The van der Waals surface area contributed by atoms with E-state index in [1.807, 2.05) is 13.8 Å². The molecule has 0 aliphatic heterocycles. The molecule has 1 rings (SSSR count). The lowest BCUT2D eigenvalue weighted by atomic mass is 9.96. The van der Waals surface area contributed by atoms with Crippen LogP contribution >= 0.6 is 7.82 Å². The maximum Gasteiger partial charge on any atom is 0.527 e. The molecule has 0 bridgehead atoms. The van der Waals surface area contributed by atoms with Crippen LogP contribution in [0.5, 0.6) is 5.75 Å². The zero-order chi connectivity index (χ0) is 15.3. The van der Waals surface area contributed by atoms with Gasteiger partial charge in [-0.25, -0.2) is 4.57 Å². The Morgan fingerprint density at radius 1 is 1.35 bits per heavy atom. The Kier molecular flexibility index (Phi) is 5.89. The van der Waals surface area contributed by atoms with Gasteiger partial charge in [0.2, 0.25) is 0 Å². The SMILES string of the molecule is COP(=O)(O)Oc1ccc(C[C@H](N)C(=O)C(C)C)cc1. The van der Waals surface area contributed by atoms with Crippen molar-refractivity contribution in [2.45, 2.75) is 26.3 Å². The summed E-state index contributed by atoms with van der Waals surface area (Å²) < 4.78 is 20.3. The number of hydrogen-bond donors (Lipinski definition) is 2. The maximum absolute atomic E-state index is 11.7. The summed E-state index contributed by atoms with van der Waals surface area (Å²) in [6.45, 7) is 3.62. The highest BCUT2D eigenvalue weighted by atomic mass is 31.2. The fourth-order valence-corrected chi connectivity index (χ4v) is 2.10. The molecule has 112 valence electrons. The molecule has 0 fully saturated rings. The van der Waals surface area contributed by atoms with Crippen LogP contribution in [-0.2, 0) is 20.3 Å². The first kappa shape index (κ1) is 16.9. The second kappa shape index (κ2) is 6.99. The van der Waals surface area contributed by atoms with Crippen molar-refractivity contribution in [3.05, 3.63) is 29.8 Å². The summed E-state index contributed by atoms with van der Waals surface area (Å²) in [5.74, 6) is 0.115.